The van der Waals surface area contributed by atoms with Gasteiger partial charge in [0.1, 0.15) is 11.5 Å². The van der Waals surface area contributed by atoms with Gasteiger partial charge in [0, 0.05) is 38.7 Å². The molecule has 0 saturated carbocycles. The Morgan fingerprint density at radius 1 is 1.14 bits per heavy atom. The Kier molecular flexibility index (Phi) is 6.58. The van der Waals surface area contributed by atoms with E-state index in [4.69, 9.17) is 4.74 Å². The average Bonchev–Trinajstić information content (AvgIpc) is 2.79. The van der Waals surface area contributed by atoms with Gasteiger partial charge in [-0.2, -0.15) is 0 Å². The first-order valence-corrected chi connectivity index (χ1v) is 10.3. The molecule has 2 aromatic heterocycles. The molecule has 1 atom stereocenters. The van der Waals surface area contributed by atoms with E-state index in [1.165, 1.54) is 0 Å². The summed E-state index contributed by atoms with van der Waals surface area (Å²) >= 11 is 0. The van der Waals surface area contributed by atoms with E-state index >= 15 is 0 Å². The highest BCUT2D eigenvalue weighted by Crippen LogP contribution is 2.18. The lowest BCUT2D eigenvalue weighted by molar-refractivity contribution is -0.120. The highest BCUT2D eigenvalue weighted by atomic mass is 16.5. The maximum absolute atomic E-state index is 12.4. The molecule has 4 rings (SSSR count). The summed E-state index contributed by atoms with van der Waals surface area (Å²) in [7, 11) is 0. The van der Waals surface area contributed by atoms with Crippen molar-refractivity contribution >= 4 is 17.7 Å². The second-order valence-corrected chi connectivity index (χ2v) is 7.50. The van der Waals surface area contributed by atoms with Crippen LogP contribution in [0.2, 0.25) is 0 Å². The fourth-order valence-electron chi connectivity index (χ4n) is 3.61. The van der Waals surface area contributed by atoms with Crippen LogP contribution < -0.4 is 16.0 Å². The predicted molar refractivity (Wildman–Crippen MR) is 109 cm³/mol. The molecule has 0 bridgehead atoms. The Morgan fingerprint density at radius 3 is 2.83 bits per heavy atom. The van der Waals surface area contributed by atoms with Crippen LogP contribution in [0.1, 0.15) is 25.7 Å². The molecular weight excluding hydrogens is 370 g/mol. The molecule has 0 spiro atoms. The van der Waals surface area contributed by atoms with Crippen molar-refractivity contribution in [2.24, 2.45) is 11.8 Å². The molecular formula is C20H27N7O2. The van der Waals surface area contributed by atoms with Crippen molar-refractivity contribution < 1.29 is 9.53 Å². The number of aromatic nitrogens is 4. The fourth-order valence-corrected chi connectivity index (χ4v) is 3.61. The smallest absolute Gasteiger partial charge is 0.231 e. The molecule has 9 nitrogen and oxygen atoms in total. The fraction of sp³-hybridized carbons (Fsp3) is 0.550. The van der Waals surface area contributed by atoms with Gasteiger partial charge >= 0.3 is 0 Å². The second kappa shape index (κ2) is 9.71. The molecule has 1 amide bonds. The van der Waals surface area contributed by atoms with Gasteiger partial charge in [-0.1, -0.05) is 0 Å². The van der Waals surface area contributed by atoms with Gasteiger partial charge in [-0.05, 0) is 50.3 Å². The van der Waals surface area contributed by atoms with E-state index in [1.807, 2.05) is 6.07 Å². The Labute approximate surface area is 170 Å². The van der Waals surface area contributed by atoms with Gasteiger partial charge < -0.3 is 15.4 Å². The maximum Gasteiger partial charge on any atom is 0.231 e. The number of anilines is 2. The van der Waals surface area contributed by atoms with Crippen molar-refractivity contribution in [2.75, 3.05) is 43.5 Å². The second-order valence-electron chi connectivity index (χ2n) is 7.50. The number of hydrogen-bond donors (Lipinski definition) is 3. The number of carbonyl (C=O) groups excluding carboxylic acids is 1. The third kappa shape index (κ3) is 5.45. The van der Waals surface area contributed by atoms with E-state index in [-0.39, 0.29) is 17.8 Å². The third-order valence-electron chi connectivity index (χ3n) is 5.36. The van der Waals surface area contributed by atoms with Crippen LogP contribution in [-0.4, -0.2) is 58.7 Å². The first kappa shape index (κ1) is 19.7. The molecule has 2 aliphatic rings. The van der Waals surface area contributed by atoms with E-state index < -0.39 is 0 Å². The summed E-state index contributed by atoms with van der Waals surface area (Å²) < 4.78 is 5.40. The lowest BCUT2D eigenvalue weighted by Crippen LogP contribution is -2.37. The number of hydrogen-bond acceptors (Lipinski definition) is 8. The van der Waals surface area contributed by atoms with Crippen LogP contribution in [0.25, 0.3) is 11.5 Å². The van der Waals surface area contributed by atoms with Gasteiger partial charge in [-0.15, -0.1) is 0 Å². The largest absolute Gasteiger partial charge is 0.381 e. The number of carbonyl (C=O) groups is 1. The zero-order chi connectivity index (χ0) is 19.9. The zero-order valence-electron chi connectivity index (χ0n) is 16.4. The van der Waals surface area contributed by atoms with Crippen LogP contribution in [0.4, 0.5) is 11.8 Å². The van der Waals surface area contributed by atoms with Crippen molar-refractivity contribution in [3.05, 3.63) is 24.5 Å². The zero-order valence-corrected chi connectivity index (χ0v) is 16.4. The molecule has 2 aromatic rings. The van der Waals surface area contributed by atoms with Gasteiger partial charge in [0.15, 0.2) is 5.82 Å². The molecule has 3 N–H and O–H groups in total. The minimum absolute atomic E-state index is 0.0510. The van der Waals surface area contributed by atoms with Crippen LogP contribution >= 0.6 is 0 Å². The van der Waals surface area contributed by atoms with E-state index in [1.54, 1.807) is 18.5 Å². The van der Waals surface area contributed by atoms with Crippen LogP contribution in [0.3, 0.4) is 0 Å². The summed E-state index contributed by atoms with van der Waals surface area (Å²) in [5.74, 6) is 2.03. The molecule has 9 heteroatoms. The molecule has 0 aromatic carbocycles. The molecule has 4 heterocycles. The maximum atomic E-state index is 12.4. The van der Waals surface area contributed by atoms with E-state index in [9.17, 15) is 4.79 Å². The van der Waals surface area contributed by atoms with E-state index in [0.717, 1.165) is 57.8 Å². The summed E-state index contributed by atoms with van der Waals surface area (Å²) in [6.07, 6.45) is 7.33. The Balaban J connectivity index is 1.40. The Hall–Kier alpha value is -2.65. The minimum Gasteiger partial charge on any atom is -0.381 e. The normalized spacial score (nSPS) is 20.2. The highest BCUT2D eigenvalue weighted by molar-refractivity contribution is 5.91. The van der Waals surface area contributed by atoms with Gasteiger partial charge in [-0.3, -0.25) is 10.1 Å². The van der Waals surface area contributed by atoms with E-state index in [2.05, 4.69) is 35.9 Å². The number of piperidine rings is 1. The molecule has 2 aliphatic heterocycles. The standard InChI is InChI=1S/C20H27N7O2/c28-19(15-2-1-7-21-13-15)27-20-23-8-3-16(25-20)18-22-9-4-17(26-18)24-12-14-5-10-29-11-6-14/h3-4,8-9,14-15,21H,1-2,5-7,10-13H2,(H,22,24,26)(H,23,25,27,28). The lowest BCUT2D eigenvalue weighted by atomic mass is 9.99. The van der Waals surface area contributed by atoms with E-state index in [0.29, 0.717) is 24.0 Å². The van der Waals surface area contributed by atoms with Crippen molar-refractivity contribution in [3.63, 3.8) is 0 Å². The summed E-state index contributed by atoms with van der Waals surface area (Å²) in [6, 6.07) is 3.60. The van der Waals surface area contributed by atoms with Crippen molar-refractivity contribution in [1.29, 1.82) is 0 Å². The molecule has 0 radical (unpaired) electrons. The number of nitrogens with one attached hydrogen (secondary N) is 3. The number of amides is 1. The molecule has 1 unspecified atom stereocenters. The number of nitrogens with zero attached hydrogens (tertiary/aromatic N) is 4. The average molecular weight is 397 g/mol. The topological polar surface area (TPSA) is 114 Å². The minimum atomic E-state index is -0.0536. The Bertz CT molecular complexity index is 820. The number of ether oxygens (including phenoxy) is 1. The summed E-state index contributed by atoms with van der Waals surface area (Å²) in [5.41, 5.74) is 0.576. The summed E-state index contributed by atoms with van der Waals surface area (Å²) in [4.78, 5) is 29.9. The van der Waals surface area contributed by atoms with Gasteiger partial charge in [0.25, 0.3) is 0 Å². The molecule has 2 saturated heterocycles. The molecule has 29 heavy (non-hydrogen) atoms. The van der Waals surface area contributed by atoms with Gasteiger partial charge in [0.2, 0.25) is 11.9 Å². The molecule has 2 fully saturated rings. The van der Waals surface area contributed by atoms with Crippen LogP contribution in [0, 0.1) is 11.8 Å². The first-order chi connectivity index (χ1) is 14.3. The highest BCUT2D eigenvalue weighted by Gasteiger charge is 2.21. The summed E-state index contributed by atoms with van der Waals surface area (Å²) in [5, 5.41) is 9.45. The van der Waals surface area contributed by atoms with Crippen molar-refractivity contribution in [3.8, 4) is 11.5 Å². The van der Waals surface area contributed by atoms with Crippen LogP contribution in [0.5, 0.6) is 0 Å². The summed E-state index contributed by atoms with van der Waals surface area (Å²) in [6.45, 7) is 4.17. The van der Waals surface area contributed by atoms with Crippen molar-refractivity contribution in [2.45, 2.75) is 25.7 Å². The molecule has 154 valence electrons. The van der Waals surface area contributed by atoms with Crippen LogP contribution in [0.15, 0.2) is 24.5 Å². The Morgan fingerprint density at radius 2 is 2.00 bits per heavy atom. The van der Waals surface area contributed by atoms with Crippen LogP contribution in [-0.2, 0) is 9.53 Å². The number of rotatable bonds is 6. The van der Waals surface area contributed by atoms with Gasteiger partial charge in [0.05, 0.1) is 5.92 Å². The lowest BCUT2D eigenvalue weighted by Gasteiger charge is -2.22. The third-order valence-corrected chi connectivity index (χ3v) is 5.36. The quantitative estimate of drug-likeness (QED) is 0.675. The molecule has 0 aliphatic carbocycles. The SMILES string of the molecule is O=C(Nc1nccc(-c2nccc(NCC3CCOCC3)n2)n1)C1CCCNC1. The van der Waals surface area contributed by atoms with Gasteiger partial charge in [-0.25, -0.2) is 19.9 Å². The van der Waals surface area contributed by atoms with Crippen molar-refractivity contribution in [1.82, 2.24) is 25.3 Å². The predicted octanol–water partition coefficient (Wildman–Crippen LogP) is 1.71. The monoisotopic (exact) mass is 397 g/mol. The first-order valence-electron chi connectivity index (χ1n) is 10.3.